The Morgan fingerprint density at radius 1 is 1.12 bits per heavy atom. The molecule has 1 amide bonds. The third kappa shape index (κ3) is 2.84. The molecule has 17 heavy (non-hydrogen) atoms. The zero-order chi connectivity index (χ0) is 12.3. The Bertz CT molecular complexity index is 566. The summed E-state index contributed by atoms with van der Waals surface area (Å²) in [4.78, 5) is 21.8. The molecule has 0 aliphatic heterocycles. The molecular weight excluding hydrogens is 218 g/mol. The van der Waals surface area contributed by atoms with Crippen molar-refractivity contribution in [2.75, 3.05) is 0 Å². The monoisotopic (exact) mass is 231 g/mol. The Balaban J connectivity index is 2.00. The molecule has 0 aliphatic rings. The van der Waals surface area contributed by atoms with E-state index in [1.165, 1.54) is 6.07 Å². The highest BCUT2D eigenvalue weighted by molar-refractivity contribution is 5.92. The van der Waals surface area contributed by atoms with Crippen LogP contribution in [-0.2, 0) is 12.8 Å². The Morgan fingerprint density at radius 2 is 1.82 bits per heavy atom. The Labute approximate surface area is 97.6 Å². The van der Waals surface area contributed by atoms with Crippen LogP contribution in [0.25, 0.3) is 0 Å². The largest absolute Gasteiger partial charge is 0.366 e. The maximum Gasteiger partial charge on any atom is 0.264 e. The van der Waals surface area contributed by atoms with Gasteiger partial charge in [0.05, 0.1) is 0 Å². The van der Waals surface area contributed by atoms with Gasteiger partial charge in [-0.05, 0) is 30.5 Å². The van der Waals surface area contributed by atoms with Crippen LogP contribution in [0.2, 0.25) is 0 Å². The summed E-state index contributed by atoms with van der Waals surface area (Å²) >= 11 is 0. The number of hydrogen-bond donors (Lipinski definition) is 3. The van der Waals surface area contributed by atoms with Crippen LogP contribution in [-0.4, -0.2) is 16.1 Å². The molecule has 0 atom stereocenters. The molecule has 0 saturated heterocycles. The molecule has 1 aromatic carbocycles. The van der Waals surface area contributed by atoms with Crippen molar-refractivity contribution in [2.24, 2.45) is 5.73 Å². The van der Waals surface area contributed by atoms with E-state index in [4.69, 9.17) is 5.73 Å². The van der Waals surface area contributed by atoms with Gasteiger partial charge in [0.2, 0.25) is 5.91 Å². The first-order valence-electron chi connectivity index (χ1n) is 5.30. The van der Waals surface area contributed by atoms with E-state index in [0.717, 1.165) is 24.1 Å². The van der Waals surface area contributed by atoms with Gasteiger partial charge in [-0.1, -0.05) is 12.1 Å². The van der Waals surface area contributed by atoms with Crippen molar-refractivity contribution in [2.45, 2.75) is 12.8 Å². The summed E-state index contributed by atoms with van der Waals surface area (Å²) in [6.07, 6.45) is 1.54. The van der Waals surface area contributed by atoms with Gasteiger partial charge in [-0.25, -0.2) is 0 Å². The Kier molecular flexibility index (Phi) is 3.09. The lowest BCUT2D eigenvalue weighted by Gasteiger charge is -2.01. The van der Waals surface area contributed by atoms with Crippen LogP contribution in [0, 0.1) is 0 Å². The minimum atomic E-state index is -0.425. The highest BCUT2D eigenvalue weighted by Gasteiger charge is 2.01. The maximum absolute atomic E-state index is 10.9. The maximum atomic E-state index is 10.9. The van der Waals surface area contributed by atoms with Gasteiger partial charge in [-0.2, -0.15) is 0 Å². The van der Waals surface area contributed by atoms with Gasteiger partial charge in [0.1, 0.15) is 0 Å². The summed E-state index contributed by atoms with van der Waals surface area (Å²) in [5, 5.41) is 5.28. The molecule has 0 saturated carbocycles. The smallest absolute Gasteiger partial charge is 0.264 e. The second-order valence-electron chi connectivity index (χ2n) is 3.85. The number of carbonyl (C=O) groups excluding carboxylic acids is 1. The lowest BCUT2D eigenvalue weighted by Crippen LogP contribution is -2.10. The van der Waals surface area contributed by atoms with E-state index in [2.05, 4.69) is 10.2 Å². The molecule has 0 bridgehead atoms. The van der Waals surface area contributed by atoms with Gasteiger partial charge in [-0.3, -0.25) is 14.7 Å². The predicted octanol–water partition coefficient (Wildman–Crippen LogP) is 0.587. The predicted molar refractivity (Wildman–Crippen MR) is 63.8 cm³/mol. The van der Waals surface area contributed by atoms with Crippen molar-refractivity contribution < 1.29 is 4.79 Å². The average molecular weight is 231 g/mol. The summed E-state index contributed by atoms with van der Waals surface area (Å²) in [5.41, 5.74) is 7.50. The zero-order valence-corrected chi connectivity index (χ0v) is 9.19. The second kappa shape index (κ2) is 4.69. The van der Waals surface area contributed by atoms with E-state index in [1.807, 2.05) is 12.1 Å². The quantitative estimate of drug-likeness (QED) is 0.718. The number of hydrogen-bond acceptors (Lipinski definition) is 2. The molecular formula is C12H13N3O2. The number of nitrogens with one attached hydrogen (secondary N) is 2. The van der Waals surface area contributed by atoms with Crippen LogP contribution in [0.15, 0.2) is 35.1 Å². The van der Waals surface area contributed by atoms with E-state index < -0.39 is 5.91 Å². The number of nitrogens with two attached hydrogens (primary N) is 1. The number of aromatic amines is 2. The summed E-state index contributed by atoms with van der Waals surface area (Å²) in [6, 6.07) is 8.68. The first-order valence-corrected chi connectivity index (χ1v) is 5.30. The minimum Gasteiger partial charge on any atom is -0.366 e. The standard InChI is InChI=1S/C12H13N3O2/c13-12(17)9-4-1-8(2-5-9)3-6-10-7-11(16)15-14-10/h1-2,4-5,7H,3,6H2,(H2,13,17)(H2,14,15,16). The van der Waals surface area contributed by atoms with Gasteiger partial charge >= 0.3 is 0 Å². The number of primary amides is 1. The van der Waals surface area contributed by atoms with Crippen LogP contribution < -0.4 is 11.3 Å². The molecule has 5 nitrogen and oxygen atoms in total. The molecule has 0 unspecified atom stereocenters. The second-order valence-corrected chi connectivity index (χ2v) is 3.85. The molecule has 0 fully saturated rings. The number of amides is 1. The van der Waals surface area contributed by atoms with E-state index >= 15 is 0 Å². The first-order chi connectivity index (χ1) is 8.15. The molecule has 88 valence electrons. The number of aryl methyl sites for hydroxylation is 2. The minimum absolute atomic E-state index is 0.121. The SMILES string of the molecule is NC(=O)c1ccc(CCc2cc(=O)[nH][nH]2)cc1. The Hall–Kier alpha value is -2.30. The lowest BCUT2D eigenvalue weighted by atomic mass is 10.1. The fourth-order valence-electron chi connectivity index (χ4n) is 1.62. The number of benzene rings is 1. The summed E-state index contributed by atoms with van der Waals surface area (Å²) in [5.74, 6) is -0.425. The fraction of sp³-hybridized carbons (Fsp3) is 0.167. The first kappa shape index (κ1) is 11.2. The molecule has 0 aliphatic carbocycles. The van der Waals surface area contributed by atoms with Crippen molar-refractivity contribution in [3.63, 3.8) is 0 Å². The molecule has 0 radical (unpaired) electrons. The van der Waals surface area contributed by atoms with Crippen molar-refractivity contribution >= 4 is 5.91 Å². The average Bonchev–Trinajstić information content (AvgIpc) is 2.73. The molecule has 2 rings (SSSR count). The van der Waals surface area contributed by atoms with Crippen LogP contribution in [0.4, 0.5) is 0 Å². The van der Waals surface area contributed by atoms with E-state index in [1.54, 1.807) is 12.1 Å². The summed E-state index contributed by atoms with van der Waals surface area (Å²) < 4.78 is 0. The third-order valence-electron chi connectivity index (χ3n) is 2.57. The lowest BCUT2D eigenvalue weighted by molar-refractivity contribution is 0.100. The molecule has 2 aromatic rings. The summed E-state index contributed by atoms with van der Waals surface area (Å²) in [6.45, 7) is 0. The zero-order valence-electron chi connectivity index (χ0n) is 9.19. The van der Waals surface area contributed by atoms with Gasteiger partial charge in [0.15, 0.2) is 0 Å². The van der Waals surface area contributed by atoms with E-state index in [9.17, 15) is 9.59 Å². The number of H-pyrrole nitrogens is 2. The van der Waals surface area contributed by atoms with Gasteiger partial charge in [0.25, 0.3) is 5.56 Å². The normalized spacial score (nSPS) is 10.4. The van der Waals surface area contributed by atoms with Gasteiger partial charge in [0, 0.05) is 17.3 Å². The van der Waals surface area contributed by atoms with Gasteiger partial charge in [-0.15, -0.1) is 0 Å². The highest BCUT2D eigenvalue weighted by atomic mass is 16.1. The molecule has 1 heterocycles. The fourth-order valence-corrected chi connectivity index (χ4v) is 1.62. The van der Waals surface area contributed by atoms with Crippen molar-refractivity contribution in [1.82, 2.24) is 10.2 Å². The van der Waals surface area contributed by atoms with E-state index in [0.29, 0.717) is 5.56 Å². The number of aromatic nitrogens is 2. The van der Waals surface area contributed by atoms with Gasteiger partial charge < -0.3 is 10.8 Å². The Morgan fingerprint density at radius 3 is 2.35 bits per heavy atom. The van der Waals surface area contributed by atoms with Crippen molar-refractivity contribution in [3.8, 4) is 0 Å². The molecule has 4 N–H and O–H groups in total. The molecule has 1 aromatic heterocycles. The molecule has 5 heteroatoms. The topological polar surface area (TPSA) is 91.7 Å². The van der Waals surface area contributed by atoms with Crippen LogP contribution >= 0.6 is 0 Å². The third-order valence-corrected chi connectivity index (χ3v) is 2.57. The molecule has 0 spiro atoms. The number of carbonyl (C=O) groups is 1. The number of rotatable bonds is 4. The summed E-state index contributed by atoms with van der Waals surface area (Å²) in [7, 11) is 0. The van der Waals surface area contributed by atoms with Crippen LogP contribution in [0.5, 0.6) is 0 Å². The van der Waals surface area contributed by atoms with E-state index in [-0.39, 0.29) is 5.56 Å². The highest BCUT2D eigenvalue weighted by Crippen LogP contribution is 2.06. The van der Waals surface area contributed by atoms with Crippen molar-refractivity contribution in [1.29, 1.82) is 0 Å². The van der Waals surface area contributed by atoms with Crippen LogP contribution in [0.3, 0.4) is 0 Å². The van der Waals surface area contributed by atoms with Crippen molar-refractivity contribution in [3.05, 3.63) is 57.5 Å². The van der Waals surface area contributed by atoms with Crippen LogP contribution in [0.1, 0.15) is 21.6 Å².